The molecule has 0 aromatic carbocycles. The molecule has 9 heteroatoms. The van der Waals surface area contributed by atoms with E-state index >= 15 is 0 Å². The predicted molar refractivity (Wildman–Crippen MR) is 88.2 cm³/mol. The second kappa shape index (κ2) is 4.88. The summed E-state index contributed by atoms with van der Waals surface area (Å²) in [6.07, 6.45) is 5.23. The summed E-state index contributed by atoms with van der Waals surface area (Å²) in [7, 11) is 2.07. The smallest absolute Gasteiger partial charge is 0.177 e. The number of hydrogen-bond donors (Lipinski definition) is 0. The van der Waals surface area contributed by atoms with E-state index < -0.39 is 0 Å². The third-order valence-electron chi connectivity index (χ3n) is 4.48. The highest BCUT2D eigenvalue weighted by atomic mass is 15.4. The first-order chi connectivity index (χ1) is 11.8. The minimum absolute atomic E-state index is 0.400. The lowest BCUT2D eigenvalue weighted by molar-refractivity contribution is 0.485. The van der Waals surface area contributed by atoms with Gasteiger partial charge in [-0.15, -0.1) is 20.4 Å². The molecule has 4 aromatic rings. The van der Waals surface area contributed by atoms with Gasteiger partial charge in [0.15, 0.2) is 11.3 Å². The Labute approximate surface area is 137 Å². The SMILES string of the molecule is CN(c1ccc2nccn2n1)C1CN(c2ccc3nncn3n2)C1. The van der Waals surface area contributed by atoms with Crippen molar-refractivity contribution >= 4 is 22.9 Å². The van der Waals surface area contributed by atoms with E-state index in [0.29, 0.717) is 6.04 Å². The van der Waals surface area contributed by atoms with Gasteiger partial charge in [-0.3, -0.25) is 0 Å². The Kier molecular flexibility index (Phi) is 2.69. The zero-order valence-electron chi connectivity index (χ0n) is 13.1. The molecule has 9 nitrogen and oxygen atoms in total. The molecular weight excluding hydrogens is 306 g/mol. The van der Waals surface area contributed by atoms with Crippen LogP contribution >= 0.6 is 0 Å². The first-order valence-corrected chi connectivity index (χ1v) is 7.73. The Morgan fingerprint density at radius 3 is 2.83 bits per heavy atom. The number of imidazole rings is 1. The van der Waals surface area contributed by atoms with Crippen molar-refractivity contribution in [1.29, 1.82) is 0 Å². The van der Waals surface area contributed by atoms with Gasteiger partial charge in [0.2, 0.25) is 0 Å². The second-order valence-corrected chi connectivity index (χ2v) is 5.92. The topological polar surface area (TPSA) is 79.8 Å². The first-order valence-electron chi connectivity index (χ1n) is 7.73. The van der Waals surface area contributed by atoms with E-state index in [0.717, 1.165) is 36.0 Å². The van der Waals surface area contributed by atoms with Crippen LogP contribution in [0.2, 0.25) is 0 Å². The molecule has 1 aliphatic heterocycles. The van der Waals surface area contributed by atoms with Gasteiger partial charge in [-0.05, 0) is 24.3 Å². The van der Waals surface area contributed by atoms with Crippen LogP contribution in [0.15, 0.2) is 43.0 Å². The summed E-state index contributed by atoms with van der Waals surface area (Å²) >= 11 is 0. The van der Waals surface area contributed by atoms with Gasteiger partial charge in [0.1, 0.15) is 18.0 Å². The predicted octanol–water partition coefficient (Wildman–Crippen LogP) is 0.492. The fraction of sp³-hybridized carbons (Fsp3) is 0.267. The highest BCUT2D eigenvalue weighted by Gasteiger charge is 2.32. The van der Waals surface area contributed by atoms with E-state index in [1.54, 1.807) is 21.6 Å². The largest absolute Gasteiger partial charge is 0.352 e. The third kappa shape index (κ3) is 1.98. The highest BCUT2D eigenvalue weighted by molar-refractivity contribution is 5.51. The van der Waals surface area contributed by atoms with Crippen molar-refractivity contribution in [2.45, 2.75) is 6.04 Å². The molecule has 0 bridgehead atoms. The van der Waals surface area contributed by atoms with Crippen molar-refractivity contribution in [3.05, 3.63) is 43.0 Å². The second-order valence-electron chi connectivity index (χ2n) is 5.92. The van der Waals surface area contributed by atoms with Crippen molar-refractivity contribution in [2.75, 3.05) is 29.9 Å². The summed E-state index contributed by atoms with van der Waals surface area (Å²) in [5.74, 6) is 1.87. The number of nitrogens with zero attached hydrogens (tertiary/aromatic N) is 9. The number of hydrogen-bond acceptors (Lipinski definition) is 7. The fourth-order valence-electron chi connectivity index (χ4n) is 2.95. The molecule has 1 saturated heterocycles. The van der Waals surface area contributed by atoms with Crippen molar-refractivity contribution in [1.82, 2.24) is 34.4 Å². The lowest BCUT2D eigenvalue weighted by Crippen LogP contribution is -2.59. The van der Waals surface area contributed by atoms with Crippen LogP contribution in [-0.2, 0) is 0 Å². The van der Waals surface area contributed by atoms with E-state index in [1.165, 1.54) is 0 Å². The van der Waals surface area contributed by atoms with Crippen LogP contribution < -0.4 is 9.80 Å². The van der Waals surface area contributed by atoms with Crippen molar-refractivity contribution in [3.63, 3.8) is 0 Å². The summed E-state index contributed by atoms with van der Waals surface area (Å²) in [4.78, 5) is 8.66. The van der Waals surface area contributed by atoms with Crippen molar-refractivity contribution in [2.24, 2.45) is 0 Å². The first kappa shape index (κ1) is 13.2. The summed E-state index contributed by atoms with van der Waals surface area (Å²) in [6, 6.07) is 8.30. The van der Waals surface area contributed by atoms with Gasteiger partial charge < -0.3 is 9.80 Å². The van der Waals surface area contributed by atoms with Crippen LogP contribution in [0.1, 0.15) is 0 Å². The van der Waals surface area contributed by atoms with Crippen molar-refractivity contribution < 1.29 is 0 Å². The molecular formula is C15H15N9. The van der Waals surface area contributed by atoms with Crippen LogP contribution in [0.25, 0.3) is 11.3 Å². The third-order valence-corrected chi connectivity index (χ3v) is 4.48. The standard InChI is InChI=1S/C15H15N9/c1-21(14-4-2-12-16-6-7-23(12)19-14)11-8-22(9-11)15-5-3-13-18-17-10-24(13)20-15/h2-7,10-11H,8-9H2,1H3. The van der Waals surface area contributed by atoms with Crippen molar-refractivity contribution in [3.8, 4) is 0 Å². The van der Waals surface area contributed by atoms with Crippen LogP contribution in [0.3, 0.4) is 0 Å². The van der Waals surface area contributed by atoms with Gasteiger partial charge in [-0.1, -0.05) is 0 Å². The van der Waals surface area contributed by atoms with Gasteiger partial charge in [-0.25, -0.2) is 9.50 Å². The molecule has 0 amide bonds. The molecule has 0 atom stereocenters. The molecule has 1 fully saturated rings. The molecule has 0 saturated carbocycles. The van der Waals surface area contributed by atoms with E-state index in [9.17, 15) is 0 Å². The molecule has 0 aliphatic carbocycles. The zero-order chi connectivity index (χ0) is 16.1. The molecule has 0 unspecified atom stereocenters. The van der Waals surface area contributed by atoms with Crippen LogP contribution in [0.4, 0.5) is 11.6 Å². The number of fused-ring (bicyclic) bond motifs is 2. The average molecular weight is 321 g/mol. The maximum absolute atomic E-state index is 4.60. The van der Waals surface area contributed by atoms with Gasteiger partial charge in [0, 0.05) is 32.5 Å². The molecule has 5 heterocycles. The Balaban J connectivity index is 1.32. The summed E-state index contributed by atoms with van der Waals surface area (Å²) < 4.78 is 3.49. The number of aromatic nitrogens is 7. The van der Waals surface area contributed by atoms with E-state index in [1.807, 2.05) is 30.5 Å². The van der Waals surface area contributed by atoms with Crippen LogP contribution in [-0.4, -0.2) is 60.6 Å². The van der Waals surface area contributed by atoms with E-state index in [-0.39, 0.29) is 0 Å². The maximum Gasteiger partial charge on any atom is 0.177 e. The quantitative estimate of drug-likeness (QED) is 0.543. The normalized spacial score (nSPS) is 15.1. The monoisotopic (exact) mass is 321 g/mol. The van der Waals surface area contributed by atoms with Gasteiger partial charge in [0.05, 0.1) is 6.04 Å². The van der Waals surface area contributed by atoms with E-state index in [2.05, 4.69) is 42.2 Å². The Bertz CT molecular complexity index is 1010. The molecule has 0 radical (unpaired) electrons. The molecule has 120 valence electrons. The Morgan fingerprint density at radius 1 is 1.04 bits per heavy atom. The molecule has 0 spiro atoms. The maximum atomic E-state index is 4.60. The van der Waals surface area contributed by atoms with Gasteiger partial charge >= 0.3 is 0 Å². The van der Waals surface area contributed by atoms with E-state index in [4.69, 9.17) is 0 Å². The summed E-state index contributed by atoms with van der Waals surface area (Å²) in [5, 5.41) is 17.0. The van der Waals surface area contributed by atoms with Gasteiger partial charge in [-0.2, -0.15) is 4.52 Å². The Morgan fingerprint density at radius 2 is 1.92 bits per heavy atom. The summed E-state index contributed by atoms with van der Waals surface area (Å²) in [6.45, 7) is 1.81. The number of anilines is 2. The molecule has 4 aromatic heterocycles. The zero-order valence-corrected chi connectivity index (χ0v) is 13.1. The minimum Gasteiger partial charge on any atom is -0.352 e. The number of likely N-dealkylation sites (N-methyl/N-ethyl adjacent to an activating group) is 1. The minimum atomic E-state index is 0.400. The van der Waals surface area contributed by atoms with Gasteiger partial charge in [0.25, 0.3) is 0 Å². The molecule has 1 aliphatic rings. The summed E-state index contributed by atoms with van der Waals surface area (Å²) in [5.41, 5.74) is 1.61. The van der Waals surface area contributed by atoms with Crippen LogP contribution in [0.5, 0.6) is 0 Å². The fourth-order valence-corrected chi connectivity index (χ4v) is 2.95. The highest BCUT2D eigenvalue weighted by Crippen LogP contribution is 2.24. The number of rotatable bonds is 3. The van der Waals surface area contributed by atoms with Crippen LogP contribution in [0, 0.1) is 0 Å². The lowest BCUT2D eigenvalue weighted by Gasteiger charge is -2.44. The Hall–Kier alpha value is -3.23. The molecule has 5 rings (SSSR count). The molecule has 0 N–H and O–H groups in total. The lowest BCUT2D eigenvalue weighted by atomic mass is 10.1. The molecule has 24 heavy (non-hydrogen) atoms. The average Bonchev–Trinajstić information content (AvgIpc) is 3.21.